The number of aromatic nitrogens is 2. The van der Waals surface area contributed by atoms with Crippen molar-refractivity contribution in [1.82, 2.24) is 20.8 Å². The number of hydrogen-bond donors (Lipinski definition) is 5. The molecule has 19 heavy (non-hydrogen) atoms. The van der Waals surface area contributed by atoms with E-state index in [1.54, 1.807) is 6.92 Å². The van der Waals surface area contributed by atoms with Crippen LogP contribution in [0.15, 0.2) is 4.42 Å². The summed E-state index contributed by atoms with van der Waals surface area (Å²) in [6.45, 7) is 3.05. The minimum Gasteiger partial charge on any atom is -0.422 e. The van der Waals surface area contributed by atoms with Crippen molar-refractivity contribution in [2.75, 3.05) is 6.61 Å². The smallest absolute Gasteiger partial charge is 0.315 e. The van der Waals surface area contributed by atoms with Gasteiger partial charge in [-0.25, -0.2) is 4.79 Å². The quantitative estimate of drug-likeness (QED) is 0.429. The van der Waals surface area contributed by atoms with E-state index in [9.17, 15) is 9.90 Å². The van der Waals surface area contributed by atoms with Gasteiger partial charge in [-0.3, -0.25) is 0 Å². The Labute approximate surface area is 110 Å². The summed E-state index contributed by atoms with van der Waals surface area (Å²) in [7, 11) is 0. The molecule has 0 aromatic carbocycles. The second-order valence-corrected chi connectivity index (χ2v) is 4.21. The van der Waals surface area contributed by atoms with Gasteiger partial charge in [0.05, 0.1) is 25.3 Å². The molecule has 9 nitrogen and oxygen atoms in total. The highest BCUT2D eigenvalue weighted by molar-refractivity contribution is 5.73. The number of nitrogens with two attached hydrogens (primary N) is 1. The van der Waals surface area contributed by atoms with Gasteiger partial charge in [0.15, 0.2) is 0 Å². The number of aliphatic hydroxyl groups excluding tert-OH is 2. The van der Waals surface area contributed by atoms with Crippen LogP contribution in [0.3, 0.4) is 0 Å². The second-order valence-electron chi connectivity index (χ2n) is 4.21. The molecule has 1 heterocycles. The van der Waals surface area contributed by atoms with E-state index in [-0.39, 0.29) is 31.0 Å². The fraction of sp³-hybridized carbons (Fsp3) is 0.700. The first-order valence-corrected chi connectivity index (χ1v) is 5.85. The maximum absolute atomic E-state index is 11.3. The van der Waals surface area contributed by atoms with E-state index in [2.05, 4.69) is 20.8 Å². The number of urea groups is 1. The lowest BCUT2D eigenvalue weighted by Crippen LogP contribution is -2.42. The van der Waals surface area contributed by atoms with E-state index in [4.69, 9.17) is 15.3 Å². The summed E-state index contributed by atoms with van der Waals surface area (Å²) in [4.78, 5) is 11.3. The van der Waals surface area contributed by atoms with Gasteiger partial charge in [0.25, 0.3) is 0 Å². The minimum atomic E-state index is -0.810. The van der Waals surface area contributed by atoms with Crippen molar-refractivity contribution in [2.45, 2.75) is 38.6 Å². The van der Waals surface area contributed by atoms with E-state index in [0.717, 1.165) is 0 Å². The van der Waals surface area contributed by atoms with Gasteiger partial charge in [-0.1, -0.05) is 0 Å². The summed E-state index contributed by atoms with van der Waals surface area (Å²) in [6, 6.07) is -1.56. The molecule has 0 radical (unpaired) electrons. The van der Waals surface area contributed by atoms with Gasteiger partial charge in [-0.2, -0.15) is 0 Å². The maximum atomic E-state index is 11.3. The molecule has 0 aliphatic rings. The van der Waals surface area contributed by atoms with E-state index in [0.29, 0.717) is 0 Å². The lowest BCUT2D eigenvalue weighted by molar-refractivity contribution is 0.149. The molecule has 2 amide bonds. The largest absolute Gasteiger partial charge is 0.422 e. The Balaban J connectivity index is 2.44. The number of carbonyl (C=O) groups excluding carboxylic acids is 1. The van der Waals surface area contributed by atoms with Gasteiger partial charge in [0.1, 0.15) is 6.04 Å². The summed E-state index contributed by atoms with van der Waals surface area (Å²) in [5.74, 6) is 0.286. The second kappa shape index (κ2) is 7.02. The Bertz CT molecular complexity index is 408. The number of carbonyl (C=O) groups is 1. The number of rotatable bonds is 6. The predicted octanol–water partition coefficient (Wildman–Crippen LogP) is -1.37. The Kier molecular flexibility index (Phi) is 5.67. The first-order valence-electron chi connectivity index (χ1n) is 5.85. The third-order valence-electron chi connectivity index (χ3n) is 2.34. The van der Waals surface area contributed by atoms with Crippen LogP contribution in [0.25, 0.3) is 0 Å². The highest BCUT2D eigenvalue weighted by atomic mass is 16.4. The van der Waals surface area contributed by atoms with Crippen molar-refractivity contribution in [3.8, 4) is 0 Å². The van der Waals surface area contributed by atoms with Gasteiger partial charge in [0, 0.05) is 0 Å². The number of nitrogens with one attached hydrogen (secondary N) is 2. The van der Waals surface area contributed by atoms with Crippen LogP contribution in [0.1, 0.15) is 31.7 Å². The molecule has 3 atom stereocenters. The Morgan fingerprint density at radius 3 is 2.74 bits per heavy atom. The first kappa shape index (κ1) is 15.3. The lowest BCUT2D eigenvalue weighted by atomic mass is 10.2. The maximum Gasteiger partial charge on any atom is 0.315 e. The predicted molar refractivity (Wildman–Crippen MR) is 64.8 cm³/mol. The number of nitrogens with zero attached hydrogens (tertiary/aromatic N) is 2. The average molecular weight is 273 g/mol. The van der Waals surface area contributed by atoms with Gasteiger partial charge in [-0.15, -0.1) is 10.2 Å². The highest BCUT2D eigenvalue weighted by Gasteiger charge is 2.19. The molecule has 6 N–H and O–H groups in total. The molecule has 2 unspecified atom stereocenters. The standard InChI is InChI=1S/C10H19N5O4/c1-5(4-16)13-10(18)12-3-7-14-15-9(19-7)8(11)6(2)17/h5-6,8,16-17H,3-4,11H2,1-2H3,(H2,12,13,18)/t5-,6?,8?/m1/s1. The number of aliphatic hydroxyl groups is 2. The molecule has 9 heteroatoms. The van der Waals surface area contributed by atoms with Crippen LogP contribution < -0.4 is 16.4 Å². The normalized spacial score (nSPS) is 15.6. The third kappa shape index (κ3) is 4.81. The van der Waals surface area contributed by atoms with Crippen LogP contribution in [0.5, 0.6) is 0 Å². The van der Waals surface area contributed by atoms with Gasteiger partial charge >= 0.3 is 6.03 Å². The number of amides is 2. The Morgan fingerprint density at radius 2 is 2.16 bits per heavy atom. The van der Waals surface area contributed by atoms with Crippen LogP contribution in [0.2, 0.25) is 0 Å². The SMILES string of the molecule is CC(O)C(N)c1nnc(CNC(=O)N[C@H](C)CO)o1. The lowest BCUT2D eigenvalue weighted by Gasteiger charge is -2.11. The topological polar surface area (TPSA) is 147 Å². The summed E-state index contributed by atoms with van der Waals surface area (Å²) < 4.78 is 5.19. The molecule has 0 aliphatic carbocycles. The Hall–Kier alpha value is -1.71. The van der Waals surface area contributed by atoms with Crippen molar-refractivity contribution < 1.29 is 19.4 Å². The molecule has 1 aromatic rings. The molecule has 0 fully saturated rings. The van der Waals surface area contributed by atoms with Gasteiger partial charge < -0.3 is 31.0 Å². The van der Waals surface area contributed by atoms with Crippen LogP contribution in [0.4, 0.5) is 4.79 Å². The number of hydrogen-bond acceptors (Lipinski definition) is 7. The molecule has 108 valence electrons. The van der Waals surface area contributed by atoms with Crippen LogP contribution in [-0.2, 0) is 6.54 Å². The van der Waals surface area contributed by atoms with Gasteiger partial charge in [-0.05, 0) is 13.8 Å². The highest BCUT2D eigenvalue weighted by Crippen LogP contribution is 2.12. The molecule has 0 bridgehead atoms. The van der Waals surface area contributed by atoms with Crippen molar-refractivity contribution in [3.63, 3.8) is 0 Å². The van der Waals surface area contributed by atoms with E-state index in [1.807, 2.05) is 0 Å². The molecular formula is C10H19N5O4. The average Bonchev–Trinajstić information content (AvgIpc) is 2.83. The summed E-state index contributed by atoms with van der Waals surface area (Å²) in [6.07, 6.45) is -0.810. The molecule has 0 saturated carbocycles. The van der Waals surface area contributed by atoms with Crippen molar-refractivity contribution in [3.05, 3.63) is 11.8 Å². The molecule has 1 rings (SSSR count). The van der Waals surface area contributed by atoms with E-state index >= 15 is 0 Å². The van der Waals surface area contributed by atoms with Crippen molar-refractivity contribution in [2.24, 2.45) is 5.73 Å². The molecule has 0 saturated heterocycles. The Morgan fingerprint density at radius 1 is 1.47 bits per heavy atom. The third-order valence-corrected chi connectivity index (χ3v) is 2.34. The van der Waals surface area contributed by atoms with Crippen LogP contribution in [-0.4, -0.2) is 45.2 Å². The first-order chi connectivity index (χ1) is 8.93. The van der Waals surface area contributed by atoms with Crippen molar-refractivity contribution in [1.29, 1.82) is 0 Å². The van der Waals surface area contributed by atoms with Gasteiger partial charge in [0.2, 0.25) is 11.8 Å². The van der Waals surface area contributed by atoms with Crippen LogP contribution >= 0.6 is 0 Å². The van der Waals surface area contributed by atoms with E-state index in [1.165, 1.54) is 6.92 Å². The zero-order valence-corrected chi connectivity index (χ0v) is 10.8. The van der Waals surface area contributed by atoms with Crippen LogP contribution in [0, 0.1) is 0 Å². The zero-order chi connectivity index (χ0) is 14.4. The fourth-order valence-corrected chi connectivity index (χ4v) is 1.16. The molecule has 1 aromatic heterocycles. The summed E-state index contributed by atoms with van der Waals surface area (Å²) in [5.41, 5.74) is 5.62. The molecule has 0 aliphatic heterocycles. The van der Waals surface area contributed by atoms with E-state index < -0.39 is 18.2 Å². The summed E-state index contributed by atoms with van der Waals surface area (Å²) >= 11 is 0. The fourth-order valence-electron chi connectivity index (χ4n) is 1.16. The monoisotopic (exact) mass is 273 g/mol. The molecule has 0 spiro atoms. The van der Waals surface area contributed by atoms with Crippen molar-refractivity contribution >= 4 is 6.03 Å². The molecular weight excluding hydrogens is 254 g/mol. The zero-order valence-electron chi connectivity index (χ0n) is 10.8. The summed E-state index contributed by atoms with van der Waals surface area (Å²) in [5, 5.41) is 30.4. The minimum absolute atomic E-state index is 0.0313.